The third-order valence-electron chi connectivity index (χ3n) is 5.20. The fourth-order valence-corrected chi connectivity index (χ4v) is 3.83. The van der Waals surface area contributed by atoms with Gasteiger partial charge in [0.25, 0.3) is 11.8 Å². The first-order chi connectivity index (χ1) is 14.9. The van der Waals surface area contributed by atoms with E-state index < -0.39 is 23.9 Å². The maximum Gasteiger partial charge on any atom is 0.263 e. The number of rotatable bonds is 6. The van der Waals surface area contributed by atoms with Crippen molar-refractivity contribution in [2.75, 3.05) is 23.9 Å². The Morgan fingerprint density at radius 2 is 1.90 bits per heavy atom. The van der Waals surface area contributed by atoms with E-state index >= 15 is 0 Å². The molecule has 2 atom stereocenters. The monoisotopic (exact) mass is 441 g/mol. The topological polar surface area (TPSA) is 104 Å². The van der Waals surface area contributed by atoms with Crippen LogP contribution in [-0.4, -0.2) is 48.5 Å². The van der Waals surface area contributed by atoms with Gasteiger partial charge in [0.2, 0.25) is 5.91 Å². The summed E-state index contributed by atoms with van der Waals surface area (Å²) in [5, 5.41) is 12.1. The molecule has 4 rings (SSSR count). The number of benzene rings is 2. The Morgan fingerprint density at radius 1 is 1.16 bits per heavy atom. The largest absolute Gasteiger partial charge is 0.495 e. The number of aryl methyl sites for hydroxylation is 1. The van der Waals surface area contributed by atoms with Gasteiger partial charge >= 0.3 is 0 Å². The van der Waals surface area contributed by atoms with Crippen LogP contribution in [0.25, 0.3) is 0 Å². The summed E-state index contributed by atoms with van der Waals surface area (Å²) in [6.45, 7) is 1.84. The molecule has 0 unspecified atom stereocenters. The van der Waals surface area contributed by atoms with Crippen LogP contribution in [0.3, 0.4) is 0 Å². The van der Waals surface area contributed by atoms with Crippen molar-refractivity contribution < 1.29 is 19.1 Å². The molecule has 2 aliphatic rings. The van der Waals surface area contributed by atoms with E-state index in [4.69, 9.17) is 16.3 Å². The number of hydrogen-bond acceptors (Lipinski definition) is 7. The second kappa shape index (κ2) is 8.35. The van der Waals surface area contributed by atoms with E-state index in [1.54, 1.807) is 12.1 Å². The summed E-state index contributed by atoms with van der Waals surface area (Å²) in [5.74, 6) is -0.968. The van der Waals surface area contributed by atoms with Crippen molar-refractivity contribution in [3.8, 4) is 5.75 Å². The van der Waals surface area contributed by atoms with E-state index in [9.17, 15) is 14.4 Å². The summed E-state index contributed by atoms with van der Waals surface area (Å²) >= 11 is 6.14. The van der Waals surface area contributed by atoms with Crippen LogP contribution in [0, 0.1) is 0 Å². The van der Waals surface area contributed by atoms with Gasteiger partial charge in [-0.05, 0) is 42.3 Å². The summed E-state index contributed by atoms with van der Waals surface area (Å²) < 4.78 is 5.11. The van der Waals surface area contributed by atoms with Crippen molar-refractivity contribution in [1.29, 1.82) is 0 Å². The number of nitrogens with zero attached hydrogens (tertiary/aromatic N) is 4. The molecular weight excluding hydrogens is 422 g/mol. The SMILES string of the molecule is CCc1ccc(NC(=O)CN2N=N[C@@H]3C(=O)N(c4ccc(OC)c(Cl)c4)C(=O)[C@@H]32)cc1. The lowest BCUT2D eigenvalue weighted by Crippen LogP contribution is -2.43. The number of hydrogen-bond donors (Lipinski definition) is 1. The van der Waals surface area contributed by atoms with Gasteiger partial charge in [-0.2, -0.15) is 5.11 Å². The summed E-state index contributed by atoms with van der Waals surface area (Å²) in [4.78, 5) is 39.3. The molecule has 2 aromatic carbocycles. The number of halogens is 1. The molecule has 2 aliphatic heterocycles. The number of imide groups is 1. The van der Waals surface area contributed by atoms with Gasteiger partial charge < -0.3 is 10.1 Å². The molecule has 2 aromatic rings. The maximum absolute atomic E-state index is 13.0. The van der Waals surface area contributed by atoms with E-state index in [-0.39, 0.29) is 17.5 Å². The molecule has 9 nitrogen and oxygen atoms in total. The Balaban J connectivity index is 1.47. The van der Waals surface area contributed by atoms with E-state index in [0.29, 0.717) is 17.1 Å². The Labute approximate surface area is 183 Å². The third kappa shape index (κ3) is 3.84. The standard InChI is InChI=1S/C21H20ClN5O4/c1-3-12-4-6-13(7-5-12)23-17(28)11-26-19-18(24-25-26)20(29)27(21(19)30)14-8-9-16(31-2)15(22)10-14/h4-10,18-19H,3,11H2,1-2H3,(H,23,28)/t18-,19+/m0/s1. The number of methoxy groups -OCH3 is 1. The number of anilines is 2. The second-order valence-electron chi connectivity index (χ2n) is 7.12. The predicted octanol–water partition coefficient (Wildman–Crippen LogP) is 2.84. The zero-order valence-corrected chi connectivity index (χ0v) is 17.7. The fraction of sp³-hybridized carbons (Fsp3) is 0.286. The van der Waals surface area contributed by atoms with Crippen molar-refractivity contribution in [1.82, 2.24) is 5.01 Å². The Hall–Kier alpha value is -3.46. The van der Waals surface area contributed by atoms with E-state index in [1.165, 1.54) is 18.2 Å². The highest BCUT2D eigenvalue weighted by molar-refractivity contribution is 6.33. The molecule has 0 spiro atoms. The zero-order chi connectivity index (χ0) is 22.1. The molecule has 1 N–H and O–H groups in total. The molecule has 160 valence electrons. The molecule has 3 amide bonds. The van der Waals surface area contributed by atoms with Crippen LogP contribution in [-0.2, 0) is 20.8 Å². The van der Waals surface area contributed by atoms with Crippen LogP contribution in [0.2, 0.25) is 5.02 Å². The number of ether oxygens (including phenoxy) is 1. The van der Waals surface area contributed by atoms with Crippen LogP contribution >= 0.6 is 11.6 Å². The maximum atomic E-state index is 13.0. The van der Waals surface area contributed by atoms with Gasteiger partial charge in [-0.25, -0.2) is 4.90 Å². The molecule has 0 aliphatic carbocycles. The summed E-state index contributed by atoms with van der Waals surface area (Å²) in [6.07, 6.45) is 0.900. The second-order valence-corrected chi connectivity index (χ2v) is 7.53. The molecule has 10 heteroatoms. The highest BCUT2D eigenvalue weighted by Crippen LogP contribution is 2.35. The van der Waals surface area contributed by atoms with Crippen molar-refractivity contribution in [2.45, 2.75) is 25.4 Å². The zero-order valence-electron chi connectivity index (χ0n) is 16.9. The van der Waals surface area contributed by atoms with Crippen LogP contribution in [0.1, 0.15) is 12.5 Å². The normalized spacial score (nSPS) is 19.7. The molecule has 0 saturated carbocycles. The lowest BCUT2D eigenvalue weighted by Gasteiger charge is -2.20. The van der Waals surface area contributed by atoms with Gasteiger partial charge in [0, 0.05) is 5.69 Å². The van der Waals surface area contributed by atoms with Crippen LogP contribution < -0.4 is 15.0 Å². The van der Waals surface area contributed by atoms with E-state index in [0.717, 1.165) is 16.9 Å². The number of carbonyl (C=O) groups excluding carboxylic acids is 3. The van der Waals surface area contributed by atoms with Crippen molar-refractivity contribution in [3.63, 3.8) is 0 Å². The first kappa shape index (κ1) is 20.8. The average Bonchev–Trinajstić information content (AvgIpc) is 3.28. The highest BCUT2D eigenvalue weighted by Gasteiger charge is 2.55. The molecule has 1 saturated heterocycles. The molecule has 1 fully saturated rings. The molecule has 2 heterocycles. The third-order valence-corrected chi connectivity index (χ3v) is 5.50. The van der Waals surface area contributed by atoms with Crippen molar-refractivity contribution in [3.05, 3.63) is 53.1 Å². The number of amides is 3. The average molecular weight is 442 g/mol. The van der Waals surface area contributed by atoms with Gasteiger partial charge in [-0.1, -0.05) is 35.9 Å². The summed E-state index contributed by atoms with van der Waals surface area (Å²) in [6, 6.07) is 10.1. The first-order valence-electron chi connectivity index (χ1n) is 9.70. The molecular formula is C21H20ClN5O4. The van der Waals surface area contributed by atoms with Crippen LogP contribution in [0.4, 0.5) is 11.4 Å². The molecule has 0 aromatic heterocycles. The minimum Gasteiger partial charge on any atom is -0.495 e. The highest BCUT2D eigenvalue weighted by atomic mass is 35.5. The minimum atomic E-state index is -0.995. The van der Waals surface area contributed by atoms with Gasteiger partial charge in [0.1, 0.15) is 12.3 Å². The number of carbonyl (C=O) groups is 3. The fourth-order valence-electron chi connectivity index (χ4n) is 3.57. The quantitative estimate of drug-likeness (QED) is 0.694. The van der Waals surface area contributed by atoms with Gasteiger partial charge in [-0.15, -0.1) is 0 Å². The van der Waals surface area contributed by atoms with E-state index in [2.05, 4.69) is 15.7 Å². The smallest absolute Gasteiger partial charge is 0.263 e. The lowest BCUT2D eigenvalue weighted by atomic mass is 10.1. The van der Waals surface area contributed by atoms with Gasteiger partial charge in [0.05, 0.1) is 17.8 Å². The number of nitrogens with one attached hydrogen (secondary N) is 1. The van der Waals surface area contributed by atoms with Crippen LogP contribution in [0.15, 0.2) is 52.8 Å². The summed E-state index contributed by atoms with van der Waals surface area (Å²) in [5.41, 5.74) is 2.10. The molecule has 0 radical (unpaired) electrons. The van der Waals surface area contributed by atoms with Crippen molar-refractivity contribution in [2.24, 2.45) is 10.3 Å². The molecule has 0 bridgehead atoms. The van der Waals surface area contributed by atoms with Crippen molar-refractivity contribution >= 4 is 40.7 Å². The van der Waals surface area contributed by atoms with Gasteiger partial charge in [0.15, 0.2) is 12.1 Å². The first-order valence-corrected chi connectivity index (χ1v) is 10.1. The minimum absolute atomic E-state index is 0.212. The van der Waals surface area contributed by atoms with Gasteiger partial charge in [-0.3, -0.25) is 19.4 Å². The molecule has 31 heavy (non-hydrogen) atoms. The Kier molecular flexibility index (Phi) is 5.60. The predicted molar refractivity (Wildman–Crippen MR) is 114 cm³/mol. The Bertz CT molecular complexity index is 1070. The summed E-state index contributed by atoms with van der Waals surface area (Å²) in [7, 11) is 1.47. The van der Waals surface area contributed by atoms with E-state index in [1.807, 2.05) is 31.2 Å². The lowest BCUT2D eigenvalue weighted by molar-refractivity contribution is -0.123. The Morgan fingerprint density at radius 3 is 2.55 bits per heavy atom. The van der Waals surface area contributed by atoms with Crippen LogP contribution in [0.5, 0.6) is 5.75 Å². The number of fused-ring (bicyclic) bond motifs is 1.